The molecule has 0 fully saturated rings. The Bertz CT molecular complexity index is 2740. The summed E-state index contributed by atoms with van der Waals surface area (Å²) in [5.74, 6) is 1.82. The first-order valence-corrected chi connectivity index (χ1v) is 15.4. The first-order valence-electron chi connectivity index (χ1n) is 15.4. The summed E-state index contributed by atoms with van der Waals surface area (Å²) < 4.78 is 8.66. The van der Waals surface area contributed by atoms with Gasteiger partial charge >= 0.3 is 0 Å². The number of hydrogen-bond acceptors (Lipinski definition) is 4. The molecule has 0 saturated carbocycles. The van der Waals surface area contributed by atoms with Gasteiger partial charge in [-0.15, -0.1) is 0 Å². The van der Waals surface area contributed by atoms with Gasteiger partial charge < -0.3 is 4.42 Å². The monoisotopic (exact) mass is 588 g/mol. The van der Waals surface area contributed by atoms with Gasteiger partial charge in [0.15, 0.2) is 11.6 Å². The van der Waals surface area contributed by atoms with E-state index in [4.69, 9.17) is 19.4 Å². The maximum absolute atomic E-state index is 6.43. The number of fused-ring (bicyclic) bond motifs is 12. The van der Waals surface area contributed by atoms with Crippen LogP contribution in [0.15, 0.2) is 150 Å². The van der Waals surface area contributed by atoms with E-state index in [1.807, 2.05) is 72.8 Å². The zero-order valence-corrected chi connectivity index (χ0v) is 24.6. The molecule has 0 N–H and O–H groups in total. The first-order chi connectivity index (χ1) is 22.8. The van der Waals surface area contributed by atoms with E-state index < -0.39 is 0 Å². The molecule has 5 nitrogen and oxygen atoms in total. The van der Waals surface area contributed by atoms with E-state index in [1.165, 1.54) is 16.2 Å². The van der Waals surface area contributed by atoms with Gasteiger partial charge in [-0.05, 0) is 34.4 Å². The third kappa shape index (κ3) is 3.54. The summed E-state index contributed by atoms with van der Waals surface area (Å²) in [6, 6.07) is 50.1. The van der Waals surface area contributed by atoms with Gasteiger partial charge in [-0.1, -0.05) is 127 Å². The molecule has 0 bridgehead atoms. The Morgan fingerprint density at radius 3 is 1.61 bits per heavy atom. The highest BCUT2D eigenvalue weighted by molar-refractivity contribution is 6.37. The minimum atomic E-state index is 0.570. The number of benzene rings is 7. The van der Waals surface area contributed by atoms with Crippen molar-refractivity contribution >= 4 is 65.3 Å². The Kier molecular flexibility index (Phi) is 5.22. The van der Waals surface area contributed by atoms with Gasteiger partial charge in [-0.2, -0.15) is 9.97 Å². The van der Waals surface area contributed by atoms with Crippen LogP contribution in [0.5, 0.6) is 0 Å². The van der Waals surface area contributed by atoms with Gasteiger partial charge in [0.2, 0.25) is 5.95 Å². The smallest absolute Gasteiger partial charge is 0.238 e. The van der Waals surface area contributed by atoms with Crippen LogP contribution in [0, 0.1) is 0 Å². The molecule has 0 aliphatic carbocycles. The van der Waals surface area contributed by atoms with E-state index in [1.54, 1.807) is 0 Å². The van der Waals surface area contributed by atoms with Crippen LogP contribution in [-0.4, -0.2) is 19.5 Å². The number of nitrogens with zero attached hydrogens (tertiary/aromatic N) is 4. The van der Waals surface area contributed by atoms with Crippen molar-refractivity contribution in [1.29, 1.82) is 0 Å². The van der Waals surface area contributed by atoms with Crippen LogP contribution < -0.4 is 0 Å². The molecule has 214 valence electrons. The highest BCUT2D eigenvalue weighted by Gasteiger charge is 2.24. The van der Waals surface area contributed by atoms with Crippen molar-refractivity contribution < 1.29 is 4.42 Å². The van der Waals surface area contributed by atoms with Crippen LogP contribution in [0.3, 0.4) is 0 Å². The summed E-state index contributed by atoms with van der Waals surface area (Å²) in [5.41, 5.74) is 5.67. The highest BCUT2D eigenvalue weighted by atomic mass is 16.3. The number of hydrogen-bond donors (Lipinski definition) is 0. The van der Waals surface area contributed by atoms with Crippen molar-refractivity contribution in [3.63, 3.8) is 0 Å². The van der Waals surface area contributed by atoms with Crippen LogP contribution in [0.2, 0.25) is 0 Å². The predicted octanol–water partition coefficient (Wildman–Crippen LogP) is 10.5. The molecule has 0 spiro atoms. The summed E-state index contributed by atoms with van der Waals surface area (Å²) >= 11 is 0. The molecule has 10 aromatic rings. The Labute approximate surface area is 263 Å². The molecule has 3 aromatic heterocycles. The number of aromatic nitrogens is 4. The topological polar surface area (TPSA) is 56.7 Å². The number of para-hydroxylation sites is 1. The maximum atomic E-state index is 6.43. The zero-order chi connectivity index (χ0) is 30.2. The maximum Gasteiger partial charge on any atom is 0.238 e. The quantitative estimate of drug-likeness (QED) is 0.193. The lowest BCUT2D eigenvalue weighted by Crippen LogP contribution is -2.06. The molecule has 0 radical (unpaired) electrons. The molecular weight excluding hydrogens is 564 g/mol. The van der Waals surface area contributed by atoms with Gasteiger partial charge in [0.1, 0.15) is 11.2 Å². The second-order valence-electron chi connectivity index (χ2n) is 11.6. The Morgan fingerprint density at radius 2 is 0.935 bits per heavy atom. The van der Waals surface area contributed by atoms with Crippen LogP contribution in [-0.2, 0) is 0 Å². The van der Waals surface area contributed by atoms with Crippen molar-refractivity contribution in [1.82, 2.24) is 19.5 Å². The van der Waals surface area contributed by atoms with E-state index >= 15 is 0 Å². The molecule has 0 amide bonds. The normalized spacial score (nSPS) is 11.9. The van der Waals surface area contributed by atoms with E-state index in [0.717, 1.165) is 60.3 Å². The van der Waals surface area contributed by atoms with Crippen molar-refractivity contribution in [3.05, 3.63) is 146 Å². The summed E-state index contributed by atoms with van der Waals surface area (Å²) in [5, 5.41) is 9.17. The highest BCUT2D eigenvalue weighted by Crippen LogP contribution is 2.46. The van der Waals surface area contributed by atoms with Gasteiger partial charge in [0.25, 0.3) is 0 Å². The molecule has 0 unspecified atom stereocenters. The Hall–Kier alpha value is -6.33. The molecule has 0 saturated heterocycles. The molecule has 46 heavy (non-hydrogen) atoms. The Balaban J connectivity index is 1.46. The molecule has 0 atom stereocenters. The summed E-state index contributed by atoms with van der Waals surface area (Å²) in [6.45, 7) is 0. The van der Waals surface area contributed by atoms with E-state index in [-0.39, 0.29) is 0 Å². The van der Waals surface area contributed by atoms with Crippen LogP contribution in [0.25, 0.3) is 94.0 Å². The van der Waals surface area contributed by atoms with Crippen LogP contribution in [0.4, 0.5) is 0 Å². The summed E-state index contributed by atoms with van der Waals surface area (Å²) in [7, 11) is 0. The van der Waals surface area contributed by atoms with Crippen LogP contribution in [0.1, 0.15) is 0 Å². The molecule has 5 heteroatoms. The number of rotatable bonds is 3. The van der Waals surface area contributed by atoms with Crippen molar-refractivity contribution in [2.75, 3.05) is 0 Å². The lowest BCUT2D eigenvalue weighted by Gasteiger charge is -2.13. The number of furan rings is 1. The fraction of sp³-hybridized carbons (Fsp3) is 0. The third-order valence-electron chi connectivity index (χ3n) is 9.03. The van der Waals surface area contributed by atoms with E-state index in [9.17, 15) is 0 Å². The second kappa shape index (κ2) is 9.58. The van der Waals surface area contributed by atoms with Gasteiger partial charge in [0.05, 0.1) is 11.0 Å². The minimum Gasteiger partial charge on any atom is -0.456 e. The van der Waals surface area contributed by atoms with Crippen LogP contribution >= 0.6 is 0 Å². The van der Waals surface area contributed by atoms with Gasteiger partial charge in [0, 0.05) is 38.1 Å². The molecule has 7 aromatic carbocycles. The minimum absolute atomic E-state index is 0.570. The van der Waals surface area contributed by atoms with E-state index in [0.29, 0.717) is 17.6 Å². The summed E-state index contributed by atoms with van der Waals surface area (Å²) in [6.07, 6.45) is 0. The lowest BCUT2D eigenvalue weighted by atomic mass is 9.95. The van der Waals surface area contributed by atoms with E-state index in [2.05, 4.69) is 77.4 Å². The molecule has 0 aliphatic rings. The molecule has 0 aliphatic heterocycles. The molecular formula is C41H24N4O. The Morgan fingerprint density at radius 1 is 0.391 bits per heavy atom. The van der Waals surface area contributed by atoms with Crippen molar-refractivity contribution in [3.8, 4) is 28.7 Å². The fourth-order valence-electron chi connectivity index (χ4n) is 7.08. The SMILES string of the molecule is c1ccc(-c2nc(-c3ccccc3)nc(-n3c4ccc5oc6ccccc6c5c4c4c5ccccc5c5ccccc5c43)n2)cc1. The van der Waals surface area contributed by atoms with Gasteiger partial charge in [-0.3, -0.25) is 4.57 Å². The second-order valence-corrected chi connectivity index (χ2v) is 11.6. The first kappa shape index (κ1) is 25.0. The van der Waals surface area contributed by atoms with Crippen molar-refractivity contribution in [2.24, 2.45) is 0 Å². The fourth-order valence-corrected chi connectivity index (χ4v) is 7.08. The molecule has 10 rings (SSSR count). The average Bonchev–Trinajstić information content (AvgIpc) is 3.69. The molecule has 3 heterocycles. The zero-order valence-electron chi connectivity index (χ0n) is 24.6. The van der Waals surface area contributed by atoms with Gasteiger partial charge in [-0.25, -0.2) is 4.98 Å². The average molecular weight is 589 g/mol. The lowest BCUT2D eigenvalue weighted by molar-refractivity contribution is 0.669. The predicted molar refractivity (Wildman–Crippen MR) is 187 cm³/mol. The standard InChI is InChI=1S/C41H24N4O/c1-3-13-25(14-4-1)39-42-40(26-15-5-2-6-16-26)44-41(43-39)45-32-23-24-34-35(31-21-11-12-22-33(31)46-34)37(32)36-29-19-9-7-17-27(29)28-18-8-10-20-30(28)38(36)45/h1-24H. The van der Waals surface area contributed by atoms with Crippen molar-refractivity contribution in [2.45, 2.75) is 0 Å². The third-order valence-corrected chi connectivity index (χ3v) is 9.03. The largest absolute Gasteiger partial charge is 0.456 e. The summed E-state index contributed by atoms with van der Waals surface area (Å²) in [4.78, 5) is 15.4.